The van der Waals surface area contributed by atoms with E-state index in [0.717, 1.165) is 29.7 Å². The Labute approximate surface area is 264 Å². The molecule has 3 rings (SSSR count). The van der Waals surface area contributed by atoms with Gasteiger partial charge in [0.15, 0.2) is 5.11 Å². The number of hydrogen-bond acceptors (Lipinski definition) is 5. The lowest BCUT2D eigenvalue weighted by Crippen LogP contribution is -2.49. The molecule has 1 amide bonds. The number of imidazole rings is 1. The van der Waals surface area contributed by atoms with Crippen molar-refractivity contribution in [1.82, 2.24) is 25.1 Å². The maximum absolute atomic E-state index is 13.3. The summed E-state index contributed by atoms with van der Waals surface area (Å²) in [4.78, 5) is 19.6. The molecule has 42 heavy (non-hydrogen) atoms. The van der Waals surface area contributed by atoms with E-state index in [1.807, 2.05) is 33.7 Å². The van der Waals surface area contributed by atoms with Gasteiger partial charge in [0.05, 0.1) is 34.4 Å². The summed E-state index contributed by atoms with van der Waals surface area (Å²) in [6.45, 7) is 7.04. The summed E-state index contributed by atoms with van der Waals surface area (Å²) in [5.41, 5.74) is 3.29. The van der Waals surface area contributed by atoms with Gasteiger partial charge in [-0.15, -0.1) is 0 Å². The average Bonchev–Trinajstić information content (AvgIpc) is 3.38. The highest BCUT2D eigenvalue weighted by molar-refractivity contribution is 7.80. The number of nitrogens with zero attached hydrogens (tertiary/aromatic N) is 4. The fraction of sp³-hybridized carbons (Fsp3) is 0.419. The first-order valence-corrected chi connectivity index (χ1v) is 15.1. The smallest absolute Gasteiger partial charge is 0.226 e. The molecule has 3 aromatic rings. The normalized spacial score (nSPS) is 11.6. The van der Waals surface area contributed by atoms with Crippen LogP contribution in [0.5, 0.6) is 0 Å². The van der Waals surface area contributed by atoms with E-state index in [4.69, 9.17) is 45.4 Å². The third kappa shape index (κ3) is 10.6. The van der Waals surface area contributed by atoms with Gasteiger partial charge in [-0.05, 0) is 60.3 Å². The molecule has 2 N–H and O–H groups in total. The number of halogens is 2. The van der Waals surface area contributed by atoms with Crippen LogP contribution in [-0.2, 0) is 29.0 Å². The Morgan fingerprint density at radius 1 is 1.21 bits per heavy atom. The van der Waals surface area contributed by atoms with Crippen LogP contribution < -0.4 is 10.6 Å². The van der Waals surface area contributed by atoms with Crippen LogP contribution in [0.15, 0.2) is 55.0 Å². The number of amides is 1. The number of hydrogen-bond donors (Lipinski definition) is 2. The van der Waals surface area contributed by atoms with Crippen LogP contribution >= 0.6 is 35.4 Å². The molecule has 0 radical (unpaired) electrons. The van der Waals surface area contributed by atoms with Gasteiger partial charge in [0.1, 0.15) is 0 Å². The molecule has 1 atom stereocenters. The monoisotopic (exact) mass is 628 g/mol. The lowest BCUT2D eigenvalue weighted by molar-refractivity contribution is -0.121. The maximum Gasteiger partial charge on any atom is 0.226 e. The lowest BCUT2D eigenvalue weighted by atomic mass is 10.0. The summed E-state index contributed by atoms with van der Waals surface area (Å²) in [6.07, 6.45) is 5.20. The third-order valence-electron chi connectivity index (χ3n) is 6.62. The summed E-state index contributed by atoms with van der Waals surface area (Å²) >= 11 is 18.6. The second kappa shape index (κ2) is 17.1. The van der Waals surface area contributed by atoms with Crippen molar-refractivity contribution in [3.63, 3.8) is 0 Å². The van der Waals surface area contributed by atoms with Crippen LogP contribution in [0.2, 0.25) is 10.0 Å². The molecule has 0 unspecified atom stereocenters. The number of benzene rings is 2. The molecule has 0 aliphatic heterocycles. The largest absolute Gasteiger partial charge is 0.385 e. The van der Waals surface area contributed by atoms with E-state index in [1.165, 1.54) is 0 Å². The predicted molar refractivity (Wildman–Crippen MR) is 172 cm³/mol. The Morgan fingerprint density at radius 2 is 1.98 bits per heavy atom. The molecule has 0 aliphatic carbocycles. The van der Waals surface area contributed by atoms with E-state index in [0.29, 0.717) is 59.4 Å². The van der Waals surface area contributed by atoms with Crippen LogP contribution in [-0.4, -0.2) is 58.3 Å². The molecule has 1 heterocycles. The van der Waals surface area contributed by atoms with Crippen molar-refractivity contribution in [3.05, 3.63) is 87.4 Å². The molecule has 0 aliphatic rings. The first kappa shape index (κ1) is 33.3. The summed E-state index contributed by atoms with van der Waals surface area (Å²) < 4.78 is 7.11. The number of carbonyl (C=O) groups is 1. The number of thiocarbonyl (C=S) groups is 1. The van der Waals surface area contributed by atoms with E-state index in [1.54, 1.807) is 37.8 Å². The molecule has 0 fully saturated rings. The quantitative estimate of drug-likeness (QED) is 0.167. The second-order valence-electron chi connectivity index (χ2n) is 10.6. The lowest BCUT2D eigenvalue weighted by Gasteiger charge is -2.32. The van der Waals surface area contributed by atoms with Gasteiger partial charge in [-0.2, -0.15) is 5.26 Å². The molecule has 8 nitrogen and oxygen atoms in total. The Bertz CT molecular complexity index is 1360. The van der Waals surface area contributed by atoms with Crippen molar-refractivity contribution < 1.29 is 9.53 Å². The number of methoxy groups -OCH3 is 1. The van der Waals surface area contributed by atoms with Crippen LogP contribution in [0.1, 0.15) is 49.1 Å². The van der Waals surface area contributed by atoms with Crippen LogP contribution in [0, 0.1) is 17.2 Å². The first-order valence-electron chi connectivity index (χ1n) is 13.9. The van der Waals surface area contributed by atoms with Gasteiger partial charge in [-0.3, -0.25) is 4.79 Å². The van der Waals surface area contributed by atoms with Crippen LogP contribution in [0.3, 0.4) is 0 Å². The Balaban J connectivity index is 1.72. The van der Waals surface area contributed by atoms with Gasteiger partial charge in [-0.25, -0.2) is 4.98 Å². The number of carbonyl (C=O) groups excluding carboxylic acids is 1. The SMILES string of the molecule is COCCCNC(=S)N(Cc1cccc(Cl)c1Cl)C[C@H](CC(C)C)NC(=O)Cc1cncn1Cc1ccc(C#N)cc1. The molecule has 224 valence electrons. The molecule has 2 aromatic carbocycles. The summed E-state index contributed by atoms with van der Waals surface area (Å²) in [5, 5.41) is 17.2. The number of aromatic nitrogens is 2. The van der Waals surface area contributed by atoms with Crippen LogP contribution in [0.25, 0.3) is 0 Å². The van der Waals surface area contributed by atoms with Crippen molar-refractivity contribution in [2.45, 2.75) is 52.2 Å². The fourth-order valence-corrected chi connectivity index (χ4v) is 5.22. The Kier molecular flexibility index (Phi) is 13.6. The van der Waals surface area contributed by atoms with Crippen LogP contribution in [0.4, 0.5) is 0 Å². The van der Waals surface area contributed by atoms with Gasteiger partial charge in [-0.1, -0.05) is 61.3 Å². The summed E-state index contributed by atoms with van der Waals surface area (Å²) in [7, 11) is 1.67. The first-order chi connectivity index (χ1) is 20.2. The molecule has 1 aromatic heterocycles. The van der Waals surface area contributed by atoms with Crippen molar-refractivity contribution in [2.75, 3.05) is 26.8 Å². The number of nitriles is 1. The highest BCUT2D eigenvalue weighted by Gasteiger charge is 2.22. The number of ether oxygens (including phenoxy) is 1. The summed E-state index contributed by atoms with van der Waals surface area (Å²) in [6, 6.07) is 14.9. The Morgan fingerprint density at radius 3 is 2.67 bits per heavy atom. The van der Waals surface area contributed by atoms with Gasteiger partial charge < -0.3 is 24.8 Å². The average molecular weight is 630 g/mol. The van der Waals surface area contributed by atoms with E-state index in [2.05, 4.69) is 35.5 Å². The van der Waals surface area contributed by atoms with E-state index in [9.17, 15) is 4.79 Å². The zero-order valence-electron chi connectivity index (χ0n) is 24.3. The fourth-order valence-electron chi connectivity index (χ4n) is 4.60. The number of rotatable bonds is 15. The van der Waals surface area contributed by atoms with Gasteiger partial charge in [0.25, 0.3) is 0 Å². The van der Waals surface area contributed by atoms with E-state index >= 15 is 0 Å². The standard InChI is InChI=1S/C31H38Cl2N6O2S/c1-22(2)14-26(20-38(31(42)36-12-5-13-41-3)19-25-6-4-7-28(32)30(25)33)37-29(40)15-27-17-35-21-39(27)18-24-10-8-23(16-34)9-11-24/h4,6-11,17,21-22,26H,5,12-15,18-20H2,1-3H3,(H,36,42)(H,37,40)/t26-/m0/s1. The van der Waals surface area contributed by atoms with Crippen molar-refractivity contribution in [1.29, 1.82) is 5.26 Å². The minimum absolute atomic E-state index is 0.0954. The highest BCUT2D eigenvalue weighted by Crippen LogP contribution is 2.27. The molecule has 11 heteroatoms. The molecule has 0 saturated carbocycles. The molecular formula is C31H38Cl2N6O2S. The molecule has 0 spiro atoms. The summed E-state index contributed by atoms with van der Waals surface area (Å²) in [5.74, 6) is 0.249. The van der Waals surface area contributed by atoms with Gasteiger partial charge >= 0.3 is 0 Å². The Hall–Kier alpha value is -3.16. The van der Waals surface area contributed by atoms with E-state index in [-0.39, 0.29) is 18.4 Å². The topological polar surface area (TPSA) is 95.2 Å². The van der Waals surface area contributed by atoms with Gasteiger partial charge in [0, 0.05) is 57.8 Å². The zero-order chi connectivity index (χ0) is 30.5. The minimum atomic E-state index is -0.163. The zero-order valence-corrected chi connectivity index (χ0v) is 26.6. The molecule has 0 saturated heterocycles. The van der Waals surface area contributed by atoms with Gasteiger partial charge in [0.2, 0.25) is 5.91 Å². The molecule has 0 bridgehead atoms. The maximum atomic E-state index is 13.3. The second-order valence-corrected chi connectivity index (χ2v) is 11.7. The van der Waals surface area contributed by atoms with E-state index < -0.39 is 0 Å². The number of nitrogens with one attached hydrogen (secondary N) is 2. The minimum Gasteiger partial charge on any atom is -0.385 e. The highest BCUT2D eigenvalue weighted by atomic mass is 35.5. The predicted octanol–water partition coefficient (Wildman–Crippen LogP) is 5.60. The van der Waals surface area contributed by atoms with Crippen molar-refractivity contribution in [2.24, 2.45) is 5.92 Å². The van der Waals surface area contributed by atoms with Crippen molar-refractivity contribution >= 4 is 46.4 Å². The third-order valence-corrected chi connectivity index (χ3v) is 7.88. The molecular weight excluding hydrogens is 591 g/mol. The van der Waals surface area contributed by atoms with Crippen molar-refractivity contribution in [3.8, 4) is 6.07 Å².